The first kappa shape index (κ1) is 13.5. The fourth-order valence-electron chi connectivity index (χ4n) is 2.49. The van der Waals surface area contributed by atoms with Gasteiger partial charge in [-0.3, -0.25) is 0 Å². The molecule has 1 aliphatic rings. The van der Waals surface area contributed by atoms with Gasteiger partial charge in [-0.1, -0.05) is 44.0 Å². The number of benzene rings is 1. The molecule has 0 radical (unpaired) electrons. The number of hydrogen-bond acceptors (Lipinski definition) is 1. The van der Waals surface area contributed by atoms with Gasteiger partial charge in [0.1, 0.15) is 0 Å². The van der Waals surface area contributed by atoms with Crippen molar-refractivity contribution in [3.05, 3.63) is 35.4 Å². The molecule has 90 valence electrons. The summed E-state index contributed by atoms with van der Waals surface area (Å²) in [5, 5.41) is 3.67. The Bertz CT molecular complexity index is 303. The second-order valence-corrected chi connectivity index (χ2v) is 4.41. The van der Waals surface area contributed by atoms with Crippen molar-refractivity contribution in [3.63, 3.8) is 0 Å². The van der Waals surface area contributed by atoms with E-state index >= 15 is 0 Å². The van der Waals surface area contributed by atoms with Gasteiger partial charge in [0, 0.05) is 6.04 Å². The van der Waals surface area contributed by atoms with Crippen LogP contribution in [0, 0.1) is 0 Å². The molecule has 1 fully saturated rings. The molecule has 0 bridgehead atoms. The van der Waals surface area contributed by atoms with Crippen molar-refractivity contribution in [1.29, 1.82) is 0 Å². The summed E-state index contributed by atoms with van der Waals surface area (Å²) in [6.07, 6.45) is 6.55. The quantitative estimate of drug-likeness (QED) is 0.826. The molecule has 1 heterocycles. The molecule has 2 heteroatoms. The third-order valence-electron chi connectivity index (χ3n) is 3.37. The Labute approximate surface area is 105 Å². The van der Waals surface area contributed by atoms with Crippen LogP contribution in [0.2, 0.25) is 0 Å². The third-order valence-corrected chi connectivity index (χ3v) is 3.37. The topological polar surface area (TPSA) is 12.0 Å². The van der Waals surface area contributed by atoms with Gasteiger partial charge in [-0.05, 0) is 36.9 Å². The van der Waals surface area contributed by atoms with Gasteiger partial charge in [0.2, 0.25) is 0 Å². The van der Waals surface area contributed by atoms with Crippen LogP contribution >= 0.6 is 12.4 Å². The Balaban J connectivity index is 0.00000128. The zero-order valence-corrected chi connectivity index (χ0v) is 10.9. The van der Waals surface area contributed by atoms with E-state index in [1.54, 1.807) is 0 Å². The van der Waals surface area contributed by atoms with Crippen molar-refractivity contribution < 1.29 is 0 Å². The Morgan fingerprint density at radius 1 is 1.19 bits per heavy atom. The summed E-state index contributed by atoms with van der Waals surface area (Å²) >= 11 is 0. The Morgan fingerprint density at radius 2 is 2.00 bits per heavy atom. The van der Waals surface area contributed by atoms with Gasteiger partial charge in [0.15, 0.2) is 0 Å². The SMILES string of the molecule is CCc1ccccc1C1CCCCCN1.Cl. The van der Waals surface area contributed by atoms with Crippen LogP contribution in [-0.2, 0) is 6.42 Å². The van der Waals surface area contributed by atoms with E-state index in [2.05, 4.69) is 36.5 Å². The molecule has 1 aromatic rings. The number of hydrogen-bond donors (Lipinski definition) is 1. The molecule has 1 unspecified atom stereocenters. The Kier molecular flexibility index (Phi) is 5.86. The van der Waals surface area contributed by atoms with Gasteiger partial charge in [-0.25, -0.2) is 0 Å². The molecule has 1 N–H and O–H groups in total. The molecular formula is C14H22ClN. The highest BCUT2D eigenvalue weighted by Gasteiger charge is 2.15. The average molecular weight is 240 g/mol. The van der Waals surface area contributed by atoms with Crippen LogP contribution in [0.4, 0.5) is 0 Å². The minimum Gasteiger partial charge on any atom is -0.310 e. The van der Waals surface area contributed by atoms with Crippen LogP contribution in [0.3, 0.4) is 0 Å². The van der Waals surface area contributed by atoms with Gasteiger partial charge in [0.05, 0.1) is 0 Å². The first-order valence-electron chi connectivity index (χ1n) is 6.23. The van der Waals surface area contributed by atoms with Gasteiger partial charge < -0.3 is 5.32 Å². The third kappa shape index (κ3) is 3.23. The average Bonchev–Trinajstić information content (AvgIpc) is 2.57. The first-order chi connectivity index (χ1) is 7.42. The predicted octanol–water partition coefficient (Wildman–Crippen LogP) is 3.88. The van der Waals surface area contributed by atoms with E-state index in [0.717, 1.165) is 6.42 Å². The molecule has 1 saturated heterocycles. The van der Waals surface area contributed by atoms with Gasteiger partial charge in [-0.2, -0.15) is 0 Å². The molecule has 1 aromatic carbocycles. The number of rotatable bonds is 2. The first-order valence-corrected chi connectivity index (χ1v) is 6.23. The highest BCUT2D eigenvalue weighted by Crippen LogP contribution is 2.25. The lowest BCUT2D eigenvalue weighted by Crippen LogP contribution is -2.21. The van der Waals surface area contributed by atoms with Crippen molar-refractivity contribution in [2.24, 2.45) is 0 Å². The minimum atomic E-state index is 0. The summed E-state index contributed by atoms with van der Waals surface area (Å²) in [4.78, 5) is 0. The van der Waals surface area contributed by atoms with E-state index in [9.17, 15) is 0 Å². The molecular weight excluding hydrogens is 218 g/mol. The minimum absolute atomic E-state index is 0. The lowest BCUT2D eigenvalue weighted by molar-refractivity contribution is 0.531. The molecule has 0 aliphatic carbocycles. The maximum Gasteiger partial charge on any atom is 0.0322 e. The van der Waals surface area contributed by atoms with Crippen molar-refractivity contribution in [1.82, 2.24) is 5.32 Å². The maximum atomic E-state index is 3.67. The van der Waals surface area contributed by atoms with Crippen LogP contribution in [0.1, 0.15) is 49.8 Å². The van der Waals surface area contributed by atoms with E-state index < -0.39 is 0 Å². The van der Waals surface area contributed by atoms with Crippen molar-refractivity contribution >= 4 is 12.4 Å². The predicted molar refractivity (Wildman–Crippen MR) is 72.3 cm³/mol. The molecule has 16 heavy (non-hydrogen) atoms. The number of halogens is 1. The van der Waals surface area contributed by atoms with Crippen molar-refractivity contribution in [2.45, 2.75) is 45.1 Å². The Hall–Kier alpha value is -0.530. The number of nitrogens with one attached hydrogen (secondary N) is 1. The number of aryl methyl sites for hydroxylation is 1. The van der Waals surface area contributed by atoms with Gasteiger partial charge >= 0.3 is 0 Å². The van der Waals surface area contributed by atoms with Crippen LogP contribution in [0.5, 0.6) is 0 Å². The van der Waals surface area contributed by atoms with E-state index in [4.69, 9.17) is 0 Å². The highest BCUT2D eigenvalue weighted by molar-refractivity contribution is 5.85. The van der Waals surface area contributed by atoms with E-state index in [1.807, 2.05) is 0 Å². The zero-order valence-electron chi connectivity index (χ0n) is 10.0. The maximum absolute atomic E-state index is 3.67. The lowest BCUT2D eigenvalue weighted by atomic mass is 9.96. The van der Waals surface area contributed by atoms with Crippen LogP contribution in [0.15, 0.2) is 24.3 Å². The summed E-state index contributed by atoms with van der Waals surface area (Å²) in [5.74, 6) is 0. The van der Waals surface area contributed by atoms with Crippen LogP contribution < -0.4 is 5.32 Å². The molecule has 0 saturated carbocycles. The monoisotopic (exact) mass is 239 g/mol. The standard InChI is InChI=1S/C14H21N.ClH/c1-2-12-8-5-6-9-13(12)14-10-4-3-7-11-15-14;/h5-6,8-9,14-15H,2-4,7,10-11H2,1H3;1H. The summed E-state index contributed by atoms with van der Waals surface area (Å²) in [5.41, 5.74) is 3.04. The molecule has 1 nitrogen and oxygen atoms in total. The summed E-state index contributed by atoms with van der Waals surface area (Å²) in [6, 6.07) is 9.48. The van der Waals surface area contributed by atoms with Crippen molar-refractivity contribution in [3.8, 4) is 0 Å². The fraction of sp³-hybridized carbons (Fsp3) is 0.571. The lowest BCUT2D eigenvalue weighted by Gasteiger charge is -2.19. The van der Waals surface area contributed by atoms with E-state index in [0.29, 0.717) is 6.04 Å². The van der Waals surface area contributed by atoms with Crippen LogP contribution in [-0.4, -0.2) is 6.54 Å². The Morgan fingerprint density at radius 3 is 2.81 bits per heavy atom. The summed E-state index contributed by atoms with van der Waals surface area (Å²) < 4.78 is 0. The second kappa shape index (κ2) is 6.93. The highest BCUT2D eigenvalue weighted by atomic mass is 35.5. The fourth-order valence-corrected chi connectivity index (χ4v) is 2.49. The van der Waals surface area contributed by atoms with Crippen LogP contribution in [0.25, 0.3) is 0 Å². The summed E-state index contributed by atoms with van der Waals surface area (Å²) in [6.45, 7) is 3.43. The van der Waals surface area contributed by atoms with E-state index in [-0.39, 0.29) is 12.4 Å². The van der Waals surface area contributed by atoms with Gasteiger partial charge in [-0.15, -0.1) is 12.4 Å². The van der Waals surface area contributed by atoms with Gasteiger partial charge in [0.25, 0.3) is 0 Å². The summed E-state index contributed by atoms with van der Waals surface area (Å²) in [7, 11) is 0. The van der Waals surface area contributed by atoms with Crippen molar-refractivity contribution in [2.75, 3.05) is 6.54 Å². The smallest absolute Gasteiger partial charge is 0.0322 e. The molecule has 1 atom stereocenters. The molecule has 0 spiro atoms. The molecule has 0 amide bonds. The zero-order chi connectivity index (χ0) is 10.5. The molecule has 0 aromatic heterocycles. The molecule has 2 rings (SSSR count). The second-order valence-electron chi connectivity index (χ2n) is 4.41. The normalized spacial score (nSPS) is 20.9. The largest absolute Gasteiger partial charge is 0.310 e. The molecule has 1 aliphatic heterocycles. The van der Waals surface area contributed by atoms with E-state index in [1.165, 1.54) is 43.4 Å².